The molecule has 1 aliphatic rings. The van der Waals surface area contributed by atoms with Crippen molar-refractivity contribution in [1.82, 2.24) is 0 Å². The van der Waals surface area contributed by atoms with Crippen LogP contribution in [0.1, 0.15) is 36.1 Å². The highest BCUT2D eigenvalue weighted by Crippen LogP contribution is 2.29. The Bertz CT molecular complexity index is 735. The van der Waals surface area contributed by atoms with Crippen molar-refractivity contribution in [3.8, 4) is 11.1 Å². The van der Waals surface area contributed by atoms with Gasteiger partial charge in [0.25, 0.3) is 0 Å². The molecule has 2 heteroatoms. The lowest BCUT2D eigenvalue weighted by Crippen LogP contribution is -2.13. The molecule has 1 aliphatic heterocycles. The molecule has 1 unspecified atom stereocenters. The molecule has 23 heavy (non-hydrogen) atoms. The molecule has 119 valence electrons. The van der Waals surface area contributed by atoms with Crippen LogP contribution in [0, 0.1) is 32.8 Å². The number of ether oxygens (including phenoxy) is 1. The van der Waals surface area contributed by atoms with Gasteiger partial charge in [0, 0.05) is 11.6 Å². The Labute approximate surface area is 139 Å². The number of rotatable bonds is 3. The van der Waals surface area contributed by atoms with Crippen molar-refractivity contribution in [1.29, 1.82) is 0 Å². The fourth-order valence-electron chi connectivity index (χ4n) is 3.22. The normalized spacial score (nSPS) is 17.3. The first kappa shape index (κ1) is 15.8. The molecule has 0 spiro atoms. The minimum Gasteiger partial charge on any atom is -0.475 e. The van der Waals surface area contributed by atoms with Crippen molar-refractivity contribution in [2.75, 3.05) is 6.61 Å². The zero-order chi connectivity index (χ0) is 16.6. The highest BCUT2D eigenvalue weighted by molar-refractivity contribution is 5.96. The van der Waals surface area contributed by atoms with Crippen molar-refractivity contribution in [2.45, 2.75) is 40.7 Å². The van der Waals surface area contributed by atoms with E-state index in [-0.39, 0.29) is 6.04 Å². The van der Waals surface area contributed by atoms with Crippen molar-refractivity contribution >= 4 is 5.90 Å². The minimum absolute atomic E-state index is 0.255. The number of aliphatic imine (C=N–C) groups is 1. The van der Waals surface area contributed by atoms with Crippen LogP contribution in [0.3, 0.4) is 0 Å². The third kappa shape index (κ3) is 3.17. The molecule has 0 fully saturated rings. The second-order valence-electron chi connectivity index (χ2n) is 6.81. The van der Waals surface area contributed by atoms with Gasteiger partial charge in [-0.15, -0.1) is 0 Å². The van der Waals surface area contributed by atoms with Crippen LogP contribution in [-0.2, 0) is 4.74 Å². The monoisotopic (exact) mass is 306 g/mol. The highest BCUT2D eigenvalue weighted by Gasteiger charge is 2.23. The van der Waals surface area contributed by atoms with Crippen LogP contribution >= 0.6 is 0 Å². The maximum Gasteiger partial charge on any atom is 0.217 e. The Kier molecular flexibility index (Phi) is 4.25. The van der Waals surface area contributed by atoms with E-state index in [1.807, 2.05) is 6.07 Å². The summed E-state index contributed by atoms with van der Waals surface area (Å²) in [5.41, 5.74) is 7.18. The predicted octanol–water partition coefficient (Wildman–Crippen LogP) is 4.88. The first-order valence-electron chi connectivity index (χ1n) is 8.27. The topological polar surface area (TPSA) is 21.6 Å². The van der Waals surface area contributed by atoms with Gasteiger partial charge in [-0.3, -0.25) is 0 Å². The molecule has 0 amide bonds. The number of hydrogen-bond donors (Lipinski definition) is 0. The van der Waals surface area contributed by atoms with Gasteiger partial charge in [-0.1, -0.05) is 43.7 Å². The SMILES string of the molecule is Cc1cc(C)c(-c2[c]c(C3=NC(C(C)C)CO3)ccc2)c(C)c1. The van der Waals surface area contributed by atoms with Gasteiger partial charge < -0.3 is 4.74 Å². The van der Waals surface area contributed by atoms with E-state index >= 15 is 0 Å². The maximum atomic E-state index is 5.80. The zero-order valence-corrected chi connectivity index (χ0v) is 14.6. The van der Waals surface area contributed by atoms with E-state index in [2.05, 4.69) is 65.0 Å². The van der Waals surface area contributed by atoms with Gasteiger partial charge in [0.1, 0.15) is 6.61 Å². The van der Waals surface area contributed by atoms with E-state index < -0.39 is 0 Å². The quantitative estimate of drug-likeness (QED) is 0.792. The van der Waals surface area contributed by atoms with Gasteiger partial charge in [-0.2, -0.15) is 0 Å². The fraction of sp³-hybridized carbons (Fsp3) is 0.381. The second-order valence-corrected chi connectivity index (χ2v) is 6.81. The summed E-state index contributed by atoms with van der Waals surface area (Å²) >= 11 is 0. The minimum atomic E-state index is 0.255. The lowest BCUT2D eigenvalue weighted by molar-refractivity contribution is 0.292. The van der Waals surface area contributed by atoms with E-state index in [0.29, 0.717) is 12.5 Å². The van der Waals surface area contributed by atoms with Gasteiger partial charge in [0.05, 0.1) is 6.04 Å². The van der Waals surface area contributed by atoms with Crippen molar-refractivity contribution in [3.05, 3.63) is 58.7 Å². The second kappa shape index (κ2) is 6.19. The molecule has 0 saturated carbocycles. The average Bonchev–Trinajstić information content (AvgIpc) is 2.96. The molecule has 0 bridgehead atoms. The summed E-state index contributed by atoms with van der Waals surface area (Å²) in [4.78, 5) is 4.71. The number of hydrogen-bond acceptors (Lipinski definition) is 2. The third-order valence-corrected chi connectivity index (χ3v) is 4.42. The molecule has 1 heterocycles. The van der Waals surface area contributed by atoms with Crippen LogP contribution < -0.4 is 0 Å². The van der Waals surface area contributed by atoms with Gasteiger partial charge >= 0.3 is 0 Å². The van der Waals surface area contributed by atoms with Gasteiger partial charge in [0.15, 0.2) is 0 Å². The first-order valence-corrected chi connectivity index (χ1v) is 8.27. The lowest BCUT2D eigenvalue weighted by atomic mass is 9.93. The molecular weight excluding hydrogens is 282 g/mol. The fourth-order valence-corrected chi connectivity index (χ4v) is 3.22. The van der Waals surface area contributed by atoms with Crippen LogP contribution in [0.5, 0.6) is 0 Å². The maximum absolute atomic E-state index is 5.80. The Hall–Kier alpha value is -2.09. The van der Waals surface area contributed by atoms with Gasteiger partial charge in [-0.05, 0) is 55.0 Å². The Balaban J connectivity index is 2.00. The third-order valence-electron chi connectivity index (χ3n) is 4.42. The summed E-state index contributed by atoms with van der Waals surface area (Å²) in [5, 5.41) is 0. The van der Waals surface area contributed by atoms with Crippen LogP contribution in [0.4, 0.5) is 0 Å². The van der Waals surface area contributed by atoms with Crippen LogP contribution in [0.15, 0.2) is 35.3 Å². The predicted molar refractivity (Wildman–Crippen MR) is 96.0 cm³/mol. The van der Waals surface area contributed by atoms with E-state index in [1.165, 1.54) is 22.3 Å². The van der Waals surface area contributed by atoms with Crippen LogP contribution in [0.25, 0.3) is 11.1 Å². The molecule has 2 aromatic rings. The molecule has 2 aromatic carbocycles. The van der Waals surface area contributed by atoms with Crippen LogP contribution in [0.2, 0.25) is 0 Å². The Morgan fingerprint density at radius 1 is 1.09 bits per heavy atom. The number of nitrogens with zero attached hydrogens (tertiary/aromatic N) is 1. The van der Waals surface area contributed by atoms with E-state index in [4.69, 9.17) is 9.73 Å². The van der Waals surface area contributed by atoms with Crippen molar-refractivity contribution in [2.24, 2.45) is 10.9 Å². The Morgan fingerprint density at radius 2 is 1.74 bits per heavy atom. The lowest BCUT2D eigenvalue weighted by Gasteiger charge is -2.12. The molecule has 2 nitrogen and oxygen atoms in total. The summed E-state index contributed by atoms with van der Waals surface area (Å²) in [6.07, 6.45) is 0. The van der Waals surface area contributed by atoms with Gasteiger partial charge in [-0.25, -0.2) is 4.99 Å². The average molecular weight is 306 g/mol. The highest BCUT2D eigenvalue weighted by atomic mass is 16.5. The molecule has 0 aliphatic carbocycles. The largest absolute Gasteiger partial charge is 0.475 e. The molecule has 1 atom stereocenters. The van der Waals surface area contributed by atoms with E-state index in [0.717, 1.165) is 17.0 Å². The summed E-state index contributed by atoms with van der Waals surface area (Å²) in [6.45, 7) is 11.5. The molecule has 0 aromatic heterocycles. The van der Waals surface area contributed by atoms with Crippen molar-refractivity contribution in [3.63, 3.8) is 0 Å². The van der Waals surface area contributed by atoms with Gasteiger partial charge in [0.2, 0.25) is 5.90 Å². The molecule has 3 rings (SSSR count). The zero-order valence-electron chi connectivity index (χ0n) is 14.6. The molecule has 0 saturated heterocycles. The Morgan fingerprint density at radius 3 is 2.35 bits per heavy atom. The van der Waals surface area contributed by atoms with Crippen LogP contribution in [-0.4, -0.2) is 18.5 Å². The van der Waals surface area contributed by atoms with E-state index in [9.17, 15) is 0 Å². The summed E-state index contributed by atoms with van der Waals surface area (Å²) in [5.74, 6) is 1.23. The number of aryl methyl sites for hydroxylation is 3. The molecule has 0 N–H and O–H groups in total. The molecular formula is C21H24NO. The summed E-state index contributed by atoms with van der Waals surface area (Å²) in [7, 11) is 0. The van der Waals surface area contributed by atoms with Crippen molar-refractivity contribution < 1.29 is 4.74 Å². The standard InChI is InChI=1S/C21H24NO/c1-13(2)19-12-23-21(22-19)18-8-6-7-17(11-18)20-15(4)9-14(3)10-16(20)5/h6-10,13,19H,12H2,1-5H3. The molecule has 1 radical (unpaired) electrons. The smallest absolute Gasteiger partial charge is 0.217 e. The van der Waals surface area contributed by atoms with E-state index in [1.54, 1.807) is 0 Å². The summed E-state index contributed by atoms with van der Waals surface area (Å²) in [6, 6.07) is 14.4. The number of benzene rings is 2. The summed E-state index contributed by atoms with van der Waals surface area (Å²) < 4.78 is 5.80. The first-order chi connectivity index (χ1) is 11.0.